The fourth-order valence-corrected chi connectivity index (χ4v) is 2.01. The lowest BCUT2D eigenvalue weighted by molar-refractivity contribution is -0.384. The molecule has 6 heteroatoms. The molecule has 0 saturated carbocycles. The zero-order valence-electron chi connectivity index (χ0n) is 12.7. The van der Waals surface area contributed by atoms with Crippen LogP contribution in [-0.2, 0) is 11.2 Å². The number of rotatable bonds is 6. The second kappa shape index (κ2) is 7.84. The van der Waals surface area contributed by atoms with Gasteiger partial charge in [-0.2, -0.15) is 5.10 Å². The molecule has 2 aromatic rings. The molecule has 1 amide bonds. The van der Waals surface area contributed by atoms with Crippen LogP contribution < -0.4 is 5.43 Å². The minimum absolute atomic E-state index is 0.00699. The summed E-state index contributed by atoms with van der Waals surface area (Å²) < 4.78 is 0. The van der Waals surface area contributed by atoms with Gasteiger partial charge in [0.1, 0.15) is 0 Å². The summed E-state index contributed by atoms with van der Waals surface area (Å²) in [7, 11) is 0. The van der Waals surface area contributed by atoms with Crippen molar-refractivity contribution in [3.8, 4) is 0 Å². The van der Waals surface area contributed by atoms with E-state index >= 15 is 0 Å². The molecule has 0 atom stereocenters. The lowest BCUT2D eigenvalue weighted by atomic mass is 10.1. The Labute approximate surface area is 134 Å². The summed E-state index contributed by atoms with van der Waals surface area (Å²) in [5, 5.41) is 14.8. The first-order valence-corrected chi connectivity index (χ1v) is 7.18. The lowest BCUT2D eigenvalue weighted by Crippen LogP contribution is -2.19. The maximum atomic E-state index is 11.8. The largest absolute Gasteiger partial charge is 0.273 e. The van der Waals surface area contributed by atoms with Crippen LogP contribution in [0, 0.1) is 10.1 Å². The number of carbonyl (C=O) groups excluding carboxylic acids is 1. The minimum Gasteiger partial charge on any atom is -0.273 e. The molecule has 0 saturated heterocycles. The summed E-state index contributed by atoms with van der Waals surface area (Å²) in [5.74, 6) is -0.196. The maximum Gasteiger partial charge on any atom is 0.270 e. The third-order valence-corrected chi connectivity index (χ3v) is 3.31. The molecular formula is C17H17N3O3. The Morgan fingerprint density at radius 3 is 2.61 bits per heavy atom. The molecule has 2 aromatic carbocycles. The molecular weight excluding hydrogens is 294 g/mol. The highest BCUT2D eigenvalue weighted by Crippen LogP contribution is 2.13. The predicted molar refractivity (Wildman–Crippen MR) is 88.2 cm³/mol. The van der Waals surface area contributed by atoms with Gasteiger partial charge in [0, 0.05) is 24.1 Å². The van der Waals surface area contributed by atoms with Gasteiger partial charge in [-0.1, -0.05) is 42.5 Å². The molecule has 0 aliphatic heterocycles. The summed E-state index contributed by atoms with van der Waals surface area (Å²) in [6, 6.07) is 15.8. The number of hydrogen-bond acceptors (Lipinski definition) is 4. The van der Waals surface area contributed by atoms with Crippen molar-refractivity contribution in [2.75, 3.05) is 0 Å². The number of benzene rings is 2. The first-order chi connectivity index (χ1) is 11.1. The highest BCUT2D eigenvalue weighted by atomic mass is 16.6. The molecule has 0 heterocycles. The SMILES string of the molecule is C/C(=N/NC(=O)CCc1ccccc1)c1cccc([N+](=O)[O-])c1. The fourth-order valence-electron chi connectivity index (χ4n) is 2.01. The van der Waals surface area contributed by atoms with Gasteiger partial charge in [-0.25, -0.2) is 5.43 Å². The van der Waals surface area contributed by atoms with E-state index in [-0.39, 0.29) is 11.6 Å². The van der Waals surface area contributed by atoms with Gasteiger partial charge >= 0.3 is 0 Å². The molecule has 0 unspecified atom stereocenters. The number of hydrogen-bond donors (Lipinski definition) is 1. The highest BCUT2D eigenvalue weighted by molar-refractivity contribution is 5.99. The molecule has 1 N–H and O–H groups in total. The minimum atomic E-state index is -0.463. The van der Waals surface area contributed by atoms with Crippen LogP contribution in [0.1, 0.15) is 24.5 Å². The van der Waals surface area contributed by atoms with Gasteiger partial charge in [0.05, 0.1) is 10.6 Å². The van der Waals surface area contributed by atoms with Crippen LogP contribution in [0.3, 0.4) is 0 Å². The van der Waals surface area contributed by atoms with Crippen LogP contribution in [-0.4, -0.2) is 16.5 Å². The first-order valence-electron chi connectivity index (χ1n) is 7.18. The van der Waals surface area contributed by atoms with E-state index in [9.17, 15) is 14.9 Å². The van der Waals surface area contributed by atoms with Crippen molar-refractivity contribution >= 4 is 17.3 Å². The van der Waals surface area contributed by atoms with Crippen LogP contribution in [0.4, 0.5) is 5.69 Å². The molecule has 0 spiro atoms. The van der Waals surface area contributed by atoms with Gasteiger partial charge in [-0.05, 0) is 18.9 Å². The second-order valence-electron chi connectivity index (χ2n) is 5.03. The number of nitrogens with zero attached hydrogens (tertiary/aromatic N) is 2. The van der Waals surface area contributed by atoms with E-state index in [0.717, 1.165) is 5.56 Å². The quantitative estimate of drug-likeness (QED) is 0.505. The van der Waals surface area contributed by atoms with Gasteiger partial charge in [0.2, 0.25) is 5.91 Å². The third kappa shape index (κ3) is 5.03. The van der Waals surface area contributed by atoms with Gasteiger partial charge in [0.15, 0.2) is 0 Å². The number of nitro benzene ring substituents is 1. The monoisotopic (exact) mass is 311 g/mol. The average Bonchev–Trinajstić information content (AvgIpc) is 2.58. The summed E-state index contributed by atoms with van der Waals surface area (Å²) >= 11 is 0. The van der Waals surface area contributed by atoms with Crippen molar-refractivity contribution in [3.05, 3.63) is 75.8 Å². The third-order valence-electron chi connectivity index (χ3n) is 3.31. The average molecular weight is 311 g/mol. The molecule has 0 aliphatic rings. The normalized spacial score (nSPS) is 11.1. The van der Waals surface area contributed by atoms with E-state index in [1.54, 1.807) is 19.1 Å². The molecule has 118 valence electrons. The molecule has 0 aliphatic carbocycles. The zero-order valence-corrected chi connectivity index (χ0v) is 12.7. The first kappa shape index (κ1) is 16.4. The number of carbonyl (C=O) groups is 1. The molecule has 23 heavy (non-hydrogen) atoms. The van der Waals surface area contributed by atoms with Crippen LogP contribution in [0.5, 0.6) is 0 Å². The van der Waals surface area contributed by atoms with E-state index in [1.807, 2.05) is 30.3 Å². The van der Waals surface area contributed by atoms with Crippen molar-refractivity contribution in [2.24, 2.45) is 5.10 Å². The van der Waals surface area contributed by atoms with Crippen molar-refractivity contribution in [1.82, 2.24) is 5.43 Å². The molecule has 6 nitrogen and oxygen atoms in total. The smallest absolute Gasteiger partial charge is 0.270 e. The van der Waals surface area contributed by atoms with E-state index in [0.29, 0.717) is 24.1 Å². The van der Waals surface area contributed by atoms with E-state index < -0.39 is 4.92 Å². The molecule has 0 bridgehead atoms. The summed E-state index contributed by atoms with van der Waals surface area (Å²) in [4.78, 5) is 22.1. The number of amides is 1. The van der Waals surface area contributed by atoms with Crippen molar-refractivity contribution in [3.63, 3.8) is 0 Å². The zero-order chi connectivity index (χ0) is 16.7. The summed E-state index contributed by atoms with van der Waals surface area (Å²) in [6.07, 6.45) is 0.966. The van der Waals surface area contributed by atoms with E-state index in [4.69, 9.17) is 0 Å². The summed E-state index contributed by atoms with van der Waals surface area (Å²) in [5.41, 5.74) is 4.67. The lowest BCUT2D eigenvalue weighted by Gasteiger charge is -2.03. The predicted octanol–water partition coefficient (Wildman–Crippen LogP) is 3.07. The Balaban J connectivity index is 1.92. The van der Waals surface area contributed by atoms with Crippen molar-refractivity contribution < 1.29 is 9.72 Å². The van der Waals surface area contributed by atoms with Gasteiger partial charge in [-0.3, -0.25) is 14.9 Å². The molecule has 0 fully saturated rings. The maximum absolute atomic E-state index is 11.8. The van der Waals surface area contributed by atoms with Gasteiger partial charge in [0.25, 0.3) is 5.69 Å². The number of aryl methyl sites for hydroxylation is 1. The Kier molecular flexibility index (Phi) is 5.57. The number of non-ortho nitro benzene ring substituents is 1. The van der Waals surface area contributed by atoms with Gasteiger partial charge in [-0.15, -0.1) is 0 Å². The number of nitrogens with one attached hydrogen (secondary N) is 1. The Morgan fingerprint density at radius 2 is 1.91 bits per heavy atom. The van der Waals surface area contributed by atoms with Crippen LogP contribution in [0.15, 0.2) is 59.7 Å². The van der Waals surface area contributed by atoms with Crippen molar-refractivity contribution in [1.29, 1.82) is 0 Å². The number of nitro groups is 1. The van der Waals surface area contributed by atoms with E-state index in [2.05, 4.69) is 10.5 Å². The Bertz CT molecular complexity index is 727. The number of hydrazone groups is 1. The van der Waals surface area contributed by atoms with Crippen LogP contribution in [0.25, 0.3) is 0 Å². The van der Waals surface area contributed by atoms with Crippen LogP contribution >= 0.6 is 0 Å². The fraction of sp³-hybridized carbons (Fsp3) is 0.176. The van der Waals surface area contributed by atoms with Crippen LogP contribution in [0.2, 0.25) is 0 Å². The standard InChI is InChI=1S/C17H17N3O3/c1-13(15-8-5-9-16(12-15)20(22)23)18-19-17(21)11-10-14-6-3-2-4-7-14/h2-9,12H,10-11H2,1H3,(H,19,21)/b18-13-. The Morgan fingerprint density at radius 1 is 1.17 bits per heavy atom. The van der Waals surface area contributed by atoms with Gasteiger partial charge < -0.3 is 0 Å². The van der Waals surface area contributed by atoms with Crippen molar-refractivity contribution in [2.45, 2.75) is 19.8 Å². The Hall–Kier alpha value is -3.02. The molecule has 0 radical (unpaired) electrons. The topological polar surface area (TPSA) is 84.6 Å². The molecule has 0 aromatic heterocycles. The summed E-state index contributed by atoms with van der Waals surface area (Å²) in [6.45, 7) is 1.69. The van der Waals surface area contributed by atoms with E-state index in [1.165, 1.54) is 12.1 Å². The second-order valence-corrected chi connectivity index (χ2v) is 5.03. The highest BCUT2D eigenvalue weighted by Gasteiger charge is 2.08. The molecule has 2 rings (SSSR count).